The van der Waals surface area contributed by atoms with Crippen molar-refractivity contribution < 1.29 is 13.2 Å². The fourth-order valence-corrected chi connectivity index (χ4v) is 7.27. The number of benzene rings is 1. The summed E-state index contributed by atoms with van der Waals surface area (Å²) >= 11 is 1.66. The highest BCUT2D eigenvalue weighted by Crippen LogP contribution is 2.41. The molecule has 1 aliphatic rings. The Balaban J connectivity index is 1.67. The molecule has 1 aromatic carbocycles. The number of thiazole rings is 1. The van der Waals surface area contributed by atoms with Gasteiger partial charge in [0, 0.05) is 17.6 Å². The molecule has 29 heavy (non-hydrogen) atoms. The second kappa shape index (κ2) is 8.96. The third-order valence-corrected chi connectivity index (χ3v) is 9.41. The SMILES string of the molecule is Cc1ccc(C)c(S(=O)(=O)C2(C(=O)NCCCCc3nc(C)cs3)CCCC2)c1. The van der Waals surface area contributed by atoms with Gasteiger partial charge in [-0.3, -0.25) is 4.79 Å². The van der Waals surface area contributed by atoms with E-state index in [-0.39, 0.29) is 5.91 Å². The molecule has 0 saturated heterocycles. The van der Waals surface area contributed by atoms with Crippen LogP contribution in [0.25, 0.3) is 0 Å². The van der Waals surface area contributed by atoms with Crippen LogP contribution in [0.4, 0.5) is 0 Å². The van der Waals surface area contributed by atoms with E-state index >= 15 is 0 Å². The number of carbonyl (C=O) groups is 1. The molecular weight excluding hydrogens is 404 g/mol. The summed E-state index contributed by atoms with van der Waals surface area (Å²) in [5, 5.41) is 6.08. The van der Waals surface area contributed by atoms with E-state index in [1.807, 2.05) is 31.4 Å². The van der Waals surface area contributed by atoms with E-state index in [0.717, 1.165) is 48.4 Å². The first-order chi connectivity index (χ1) is 13.8. The van der Waals surface area contributed by atoms with Crippen molar-refractivity contribution in [3.8, 4) is 0 Å². The highest BCUT2D eigenvalue weighted by Gasteiger charge is 2.53. The van der Waals surface area contributed by atoms with Gasteiger partial charge in [0.2, 0.25) is 5.91 Å². The van der Waals surface area contributed by atoms with Gasteiger partial charge >= 0.3 is 0 Å². The number of hydrogen-bond acceptors (Lipinski definition) is 5. The van der Waals surface area contributed by atoms with Crippen molar-refractivity contribution in [3.63, 3.8) is 0 Å². The van der Waals surface area contributed by atoms with Gasteiger partial charge in [0.05, 0.1) is 9.90 Å². The van der Waals surface area contributed by atoms with Crippen LogP contribution in [-0.4, -0.2) is 30.6 Å². The van der Waals surface area contributed by atoms with Gasteiger partial charge in [-0.2, -0.15) is 0 Å². The van der Waals surface area contributed by atoms with E-state index in [1.54, 1.807) is 24.3 Å². The monoisotopic (exact) mass is 434 g/mol. The largest absolute Gasteiger partial charge is 0.355 e. The van der Waals surface area contributed by atoms with Crippen molar-refractivity contribution in [1.82, 2.24) is 10.3 Å². The van der Waals surface area contributed by atoms with Crippen LogP contribution >= 0.6 is 11.3 Å². The molecule has 1 N–H and O–H groups in total. The Morgan fingerprint density at radius 2 is 1.90 bits per heavy atom. The lowest BCUT2D eigenvalue weighted by Crippen LogP contribution is -2.51. The predicted molar refractivity (Wildman–Crippen MR) is 117 cm³/mol. The summed E-state index contributed by atoms with van der Waals surface area (Å²) in [5.74, 6) is -0.332. The fourth-order valence-electron chi connectivity index (χ4n) is 4.05. The lowest BCUT2D eigenvalue weighted by atomic mass is 10.1. The number of nitrogens with one attached hydrogen (secondary N) is 1. The van der Waals surface area contributed by atoms with E-state index in [1.165, 1.54) is 0 Å². The molecule has 0 radical (unpaired) electrons. The third-order valence-electron chi connectivity index (χ3n) is 5.74. The van der Waals surface area contributed by atoms with Gasteiger partial charge in [-0.1, -0.05) is 25.0 Å². The Morgan fingerprint density at radius 3 is 2.55 bits per heavy atom. The van der Waals surface area contributed by atoms with Crippen LogP contribution in [0.2, 0.25) is 0 Å². The minimum Gasteiger partial charge on any atom is -0.355 e. The van der Waals surface area contributed by atoms with Crippen LogP contribution in [0.1, 0.15) is 60.4 Å². The first-order valence-corrected chi connectivity index (χ1v) is 12.6. The molecule has 1 aromatic heterocycles. The quantitative estimate of drug-likeness (QED) is 0.629. The summed E-state index contributed by atoms with van der Waals surface area (Å²) < 4.78 is 25.8. The number of unbranched alkanes of at least 4 members (excludes halogenated alkanes) is 1. The molecular formula is C22H30N2O3S2. The van der Waals surface area contributed by atoms with Gasteiger partial charge in [-0.25, -0.2) is 13.4 Å². The number of aryl methyl sites for hydroxylation is 4. The van der Waals surface area contributed by atoms with Crippen molar-refractivity contribution in [2.24, 2.45) is 0 Å². The molecule has 0 aliphatic heterocycles. The second-order valence-electron chi connectivity index (χ2n) is 8.07. The molecule has 0 spiro atoms. The fraction of sp³-hybridized carbons (Fsp3) is 0.545. The standard InChI is InChI=1S/C22H30N2O3S2/c1-16-9-10-17(2)19(14-16)29(26,27)22(11-5-6-12-22)21(25)23-13-7-4-8-20-24-18(3)15-28-20/h9-10,14-15H,4-8,11-13H2,1-3H3,(H,23,25). The Morgan fingerprint density at radius 1 is 1.17 bits per heavy atom. The van der Waals surface area contributed by atoms with Crippen molar-refractivity contribution in [1.29, 1.82) is 0 Å². The molecule has 158 valence electrons. The zero-order valence-electron chi connectivity index (χ0n) is 17.5. The maximum Gasteiger partial charge on any atom is 0.241 e. The number of carbonyl (C=O) groups excluding carboxylic acids is 1. The minimum atomic E-state index is -3.76. The zero-order valence-corrected chi connectivity index (χ0v) is 19.1. The molecule has 1 fully saturated rings. The Hall–Kier alpha value is -1.73. The highest BCUT2D eigenvalue weighted by molar-refractivity contribution is 7.93. The number of rotatable bonds is 8. The molecule has 1 saturated carbocycles. The maximum atomic E-state index is 13.6. The van der Waals surface area contributed by atoms with Gasteiger partial charge in [0.1, 0.15) is 0 Å². The number of aromatic nitrogens is 1. The summed E-state index contributed by atoms with van der Waals surface area (Å²) in [5.41, 5.74) is 2.63. The Kier molecular flexibility index (Phi) is 6.79. The van der Waals surface area contributed by atoms with Crippen molar-refractivity contribution >= 4 is 27.1 Å². The van der Waals surface area contributed by atoms with Gasteiger partial charge < -0.3 is 5.32 Å². The number of sulfone groups is 1. The molecule has 0 atom stereocenters. The van der Waals surface area contributed by atoms with Crippen LogP contribution in [0, 0.1) is 20.8 Å². The van der Waals surface area contributed by atoms with Crippen LogP contribution < -0.4 is 5.32 Å². The smallest absolute Gasteiger partial charge is 0.241 e. The summed E-state index contributed by atoms with van der Waals surface area (Å²) in [6.45, 7) is 6.15. The maximum absolute atomic E-state index is 13.6. The van der Waals surface area contributed by atoms with Gasteiger partial charge in [0.25, 0.3) is 0 Å². The van der Waals surface area contributed by atoms with E-state index in [9.17, 15) is 13.2 Å². The van der Waals surface area contributed by atoms with E-state index in [2.05, 4.69) is 10.3 Å². The van der Waals surface area contributed by atoms with Crippen molar-refractivity contribution in [2.75, 3.05) is 6.54 Å². The molecule has 0 unspecified atom stereocenters. The van der Waals surface area contributed by atoms with Crippen molar-refractivity contribution in [3.05, 3.63) is 45.4 Å². The van der Waals surface area contributed by atoms with Crippen molar-refractivity contribution in [2.45, 2.75) is 75.4 Å². The molecule has 1 heterocycles. The number of amides is 1. The first kappa shape index (κ1) is 22.0. The average Bonchev–Trinajstić information content (AvgIpc) is 3.33. The molecule has 5 nitrogen and oxygen atoms in total. The second-order valence-corrected chi connectivity index (χ2v) is 11.2. The van der Waals surface area contributed by atoms with Gasteiger partial charge in [-0.05, 0) is 70.1 Å². The van der Waals surface area contributed by atoms with Crippen LogP contribution in [0.5, 0.6) is 0 Å². The van der Waals surface area contributed by atoms with Gasteiger partial charge in [-0.15, -0.1) is 11.3 Å². The van der Waals surface area contributed by atoms with Gasteiger partial charge in [0.15, 0.2) is 14.6 Å². The third kappa shape index (κ3) is 4.56. The molecule has 7 heteroatoms. The summed E-state index contributed by atoms with van der Waals surface area (Å²) in [6, 6.07) is 5.43. The zero-order chi connectivity index (χ0) is 21.1. The molecule has 1 amide bonds. The molecule has 1 aliphatic carbocycles. The average molecular weight is 435 g/mol. The number of hydrogen-bond donors (Lipinski definition) is 1. The summed E-state index contributed by atoms with van der Waals surface area (Å²) in [7, 11) is -3.76. The topological polar surface area (TPSA) is 76.1 Å². The summed E-state index contributed by atoms with van der Waals surface area (Å²) in [4.78, 5) is 17.9. The highest BCUT2D eigenvalue weighted by atomic mass is 32.2. The Bertz CT molecular complexity index is 974. The Labute approximate surface area is 177 Å². The summed E-state index contributed by atoms with van der Waals surface area (Å²) in [6.07, 6.45) is 4.94. The van der Waals surface area contributed by atoms with E-state index < -0.39 is 14.6 Å². The molecule has 2 aromatic rings. The van der Waals surface area contributed by atoms with Crippen LogP contribution in [0.3, 0.4) is 0 Å². The normalized spacial score (nSPS) is 16.1. The first-order valence-electron chi connectivity index (χ1n) is 10.3. The molecule has 0 bridgehead atoms. The lowest BCUT2D eigenvalue weighted by Gasteiger charge is -2.28. The van der Waals surface area contributed by atoms with Crippen LogP contribution in [-0.2, 0) is 21.1 Å². The predicted octanol–water partition coefficient (Wildman–Crippen LogP) is 4.29. The lowest BCUT2D eigenvalue weighted by molar-refractivity contribution is -0.123. The van der Waals surface area contributed by atoms with E-state index in [0.29, 0.717) is 29.8 Å². The van der Waals surface area contributed by atoms with Crippen LogP contribution in [0.15, 0.2) is 28.5 Å². The molecule has 3 rings (SSSR count). The number of nitrogens with zero attached hydrogens (tertiary/aromatic N) is 1. The van der Waals surface area contributed by atoms with E-state index in [4.69, 9.17) is 0 Å². The minimum absolute atomic E-state index is 0.300.